The van der Waals surface area contributed by atoms with Crippen molar-refractivity contribution in [1.29, 1.82) is 0 Å². The molecule has 2 unspecified atom stereocenters. The molecule has 0 spiro atoms. The van der Waals surface area contributed by atoms with E-state index in [1.165, 1.54) is 34.1 Å². The van der Waals surface area contributed by atoms with Gasteiger partial charge in [0.05, 0.1) is 0 Å². The summed E-state index contributed by atoms with van der Waals surface area (Å²) in [5.41, 5.74) is -0.904. The molecule has 9 heteroatoms. The van der Waals surface area contributed by atoms with Gasteiger partial charge in [0.25, 0.3) is 0 Å². The Morgan fingerprint density at radius 3 is 1.13 bits per heavy atom. The number of carbonyl (C=O) groups is 2. The first-order valence-electron chi connectivity index (χ1n) is 23.2. The number of hydrogen-bond acceptors (Lipinski definition) is 2. The molecule has 0 aliphatic carbocycles. The number of carbonyl (C=O) groups excluding carboxylic acids is 2. The molecule has 0 N–H and O–H groups in total. The topological polar surface area (TPSA) is 40.6 Å². The van der Waals surface area contributed by atoms with E-state index < -0.39 is 34.1 Å². The van der Waals surface area contributed by atoms with E-state index in [1.807, 2.05) is 102 Å². The molecule has 0 bridgehead atoms. The molecule has 0 aliphatic heterocycles. The average Bonchev–Trinajstić information content (AvgIpc) is 4.03. The largest absolute Gasteiger partial charge is 4.00 e. The molecule has 2 atom stereocenters. The van der Waals surface area contributed by atoms with Gasteiger partial charge in [-0.2, -0.15) is 36.4 Å². The van der Waals surface area contributed by atoms with Gasteiger partial charge in [-0.25, -0.2) is 41.8 Å². The fourth-order valence-electron chi connectivity index (χ4n) is 7.50. The van der Waals surface area contributed by atoms with E-state index >= 15 is 0 Å². The van der Waals surface area contributed by atoms with Crippen molar-refractivity contribution in [2.45, 2.75) is 159 Å². The van der Waals surface area contributed by atoms with Crippen LogP contribution in [0.1, 0.15) is 159 Å². The van der Waals surface area contributed by atoms with Crippen LogP contribution in [0.3, 0.4) is 0 Å². The van der Waals surface area contributed by atoms with Crippen molar-refractivity contribution < 1.29 is 48.9 Å². The number of rotatable bonds is 22. The van der Waals surface area contributed by atoms with Gasteiger partial charge in [0.2, 0.25) is 11.8 Å². The molecule has 0 saturated heterocycles. The Balaban J connectivity index is 0.000000978. The molecule has 0 fully saturated rings. The van der Waals surface area contributed by atoms with Crippen molar-refractivity contribution in [2.75, 3.05) is 22.9 Å². The van der Waals surface area contributed by atoms with Gasteiger partial charge in [-0.3, -0.25) is 9.59 Å². The monoisotopic (exact) mass is 911 g/mol. The Morgan fingerprint density at radius 2 is 0.889 bits per heavy atom. The van der Waals surface area contributed by atoms with Gasteiger partial charge in [0, 0.05) is 47.2 Å². The quantitative estimate of drug-likeness (QED) is 0.0448. The van der Waals surface area contributed by atoms with Crippen LogP contribution in [-0.2, 0) is 31.3 Å². The molecule has 2 amide bonds. The molecule has 0 radical (unpaired) electrons. The van der Waals surface area contributed by atoms with E-state index in [-0.39, 0.29) is 44.9 Å². The van der Waals surface area contributed by atoms with E-state index in [0.717, 1.165) is 89.9 Å². The Morgan fingerprint density at radius 1 is 0.556 bits per heavy atom. The Kier molecular flexibility index (Phi) is 31.2. The fourth-order valence-corrected chi connectivity index (χ4v) is 7.50. The second-order valence-electron chi connectivity index (χ2n) is 17.5. The summed E-state index contributed by atoms with van der Waals surface area (Å²) in [6.07, 6.45) is 13.8. The second-order valence-corrected chi connectivity index (χ2v) is 17.5. The third-order valence-electron chi connectivity index (χ3n) is 11.4. The van der Waals surface area contributed by atoms with Gasteiger partial charge in [0.1, 0.15) is 0 Å². The van der Waals surface area contributed by atoms with Crippen LogP contribution >= 0.6 is 0 Å². The SMILES string of the molecule is CCCCC(CC)CCN(C(=O)C(C)(C)CCC)c1ccc(F)[c-]c1F.CCCCC(CC)CCN(C(=O)C(C)(C)CCC)c1ccc(F)[c-]c1F.[Ti+4].c1cc[cH-]c1.c1cc[cH-]c1. The minimum atomic E-state index is -0.799. The van der Waals surface area contributed by atoms with E-state index in [4.69, 9.17) is 0 Å². The van der Waals surface area contributed by atoms with Crippen LogP contribution in [-0.4, -0.2) is 24.9 Å². The van der Waals surface area contributed by atoms with Gasteiger partial charge in [0.15, 0.2) is 0 Å². The maximum absolute atomic E-state index is 14.4. The van der Waals surface area contributed by atoms with E-state index in [9.17, 15) is 27.2 Å². The number of amides is 2. The van der Waals surface area contributed by atoms with Crippen molar-refractivity contribution in [1.82, 2.24) is 0 Å². The van der Waals surface area contributed by atoms with Crippen LogP contribution in [0.4, 0.5) is 28.9 Å². The summed E-state index contributed by atoms with van der Waals surface area (Å²) in [4.78, 5) is 29.3. The molecule has 348 valence electrons. The number of benzene rings is 2. The minimum Gasteiger partial charge on any atom is -0.363 e. The number of hydrogen-bond donors (Lipinski definition) is 0. The minimum absolute atomic E-state index is 0. The molecule has 4 rings (SSSR count). The van der Waals surface area contributed by atoms with Crippen LogP contribution in [0.5, 0.6) is 0 Å². The fraction of sp³-hybridized carbons (Fsp3) is 0.556. The number of halogens is 4. The first kappa shape index (κ1) is 59.5. The molecule has 0 aliphatic rings. The van der Waals surface area contributed by atoms with Crippen molar-refractivity contribution in [3.05, 3.63) is 120 Å². The first-order chi connectivity index (χ1) is 29.5. The average molecular weight is 911 g/mol. The molecule has 0 saturated carbocycles. The summed E-state index contributed by atoms with van der Waals surface area (Å²) in [7, 11) is 0. The molecular formula is C54H78F4N2O2Ti. The maximum Gasteiger partial charge on any atom is 4.00 e. The second kappa shape index (κ2) is 33.1. The van der Waals surface area contributed by atoms with Crippen molar-refractivity contribution in [3.8, 4) is 0 Å². The normalized spacial score (nSPS) is 11.9. The maximum atomic E-state index is 14.4. The van der Waals surface area contributed by atoms with Crippen molar-refractivity contribution >= 4 is 23.2 Å². The summed E-state index contributed by atoms with van der Waals surface area (Å²) in [5, 5.41) is 0. The molecule has 4 nitrogen and oxygen atoms in total. The molecule has 0 aromatic heterocycles. The van der Waals surface area contributed by atoms with Crippen molar-refractivity contribution in [3.63, 3.8) is 0 Å². The van der Waals surface area contributed by atoms with Gasteiger partial charge >= 0.3 is 21.7 Å². The van der Waals surface area contributed by atoms with Gasteiger partial charge in [-0.15, -0.1) is 36.4 Å². The van der Waals surface area contributed by atoms with Crippen LogP contribution in [0.15, 0.2) is 84.9 Å². The summed E-state index contributed by atoms with van der Waals surface area (Å²) in [5.74, 6) is -2.30. The summed E-state index contributed by atoms with van der Waals surface area (Å²) >= 11 is 0. The Hall–Kier alpha value is -3.49. The third-order valence-corrected chi connectivity index (χ3v) is 11.4. The smallest absolute Gasteiger partial charge is 0.363 e. The molecule has 4 aromatic rings. The number of unbranched alkanes of at least 4 members (excludes halogenated alkanes) is 2. The first-order valence-corrected chi connectivity index (χ1v) is 23.2. The molecular weight excluding hydrogens is 832 g/mol. The van der Waals surface area contributed by atoms with Crippen molar-refractivity contribution in [2.24, 2.45) is 22.7 Å². The van der Waals surface area contributed by atoms with Crippen LogP contribution < -0.4 is 9.80 Å². The van der Waals surface area contributed by atoms with E-state index in [1.54, 1.807) is 0 Å². The number of nitrogens with zero attached hydrogens (tertiary/aromatic N) is 2. The summed E-state index contributed by atoms with van der Waals surface area (Å²) < 4.78 is 55.3. The third kappa shape index (κ3) is 22.8. The van der Waals surface area contributed by atoms with Crippen LogP contribution in [0.25, 0.3) is 0 Å². The standard InChI is InChI=1S/2C22H34F2NO.2C5H5.Ti/c2*1-6-9-10-17(8-3)13-15-25(21(26)22(4,5)14-7-2)20-12-11-18(23)16-19(20)24;2*1-2-4-5-3-1;/h2*11-12,17H,6-10,13-15H2,1-5H3;2*1-5H;/q4*-1;+4. The van der Waals surface area contributed by atoms with Gasteiger partial charge in [-0.05, 0) is 48.9 Å². The zero-order valence-electron chi connectivity index (χ0n) is 40.3. The molecule has 63 heavy (non-hydrogen) atoms. The van der Waals surface area contributed by atoms with Gasteiger partial charge in [-0.1, -0.05) is 133 Å². The predicted molar refractivity (Wildman–Crippen MR) is 252 cm³/mol. The number of anilines is 2. The predicted octanol–water partition coefficient (Wildman–Crippen LogP) is 15.9. The van der Waals surface area contributed by atoms with Crippen LogP contribution in [0, 0.1) is 58.1 Å². The van der Waals surface area contributed by atoms with E-state index in [0.29, 0.717) is 24.9 Å². The summed E-state index contributed by atoms with van der Waals surface area (Å²) in [6.45, 7) is 21.2. The van der Waals surface area contributed by atoms with Crippen LogP contribution in [0.2, 0.25) is 0 Å². The Labute approximate surface area is 395 Å². The molecule has 4 aromatic carbocycles. The van der Waals surface area contributed by atoms with E-state index in [2.05, 4.69) is 39.8 Å². The Bertz CT molecular complexity index is 1580. The van der Waals surface area contributed by atoms with Gasteiger partial charge < -0.3 is 9.80 Å². The zero-order chi connectivity index (χ0) is 46.6. The zero-order valence-corrected chi connectivity index (χ0v) is 41.8. The summed E-state index contributed by atoms with van der Waals surface area (Å²) in [6, 6.07) is 29.2. The molecule has 0 heterocycles.